The van der Waals surface area contributed by atoms with E-state index in [0.717, 1.165) is 6.42 Å². The van der Waals surface area contributed by atoms with Crippen molar-refractivity contribution in [2.75, 3.05) is 13.2 Å². The van der Waals surface area contributed by atoms with Crippen LogP contribution in [-0.2, 0) is 4.74 Å². The molecule has 13 heavy (non-hydrogen) atoms. The molecule has 0 unspecified atom stereocenters. The van der Waals surface area contributed by atoms with Gasteiger partial charge in [0.05, 0.1) is 12.9 Å². The van der Waals surface area contributed by atoms with E-state index in [-0.39, 0.29) is 0 Å². The second kappa shape index (κ2) is 8.90. The second-order valence-electron chi connectivity index (χ2n) is 2.64. The molecule has 1 amide bonds. The molecule has 0 heterocycles. The Morgan fingerprint density at radius 1 is 1.54 bits per heavy atom. The van der Waals surface area contributed by atoms with Crippen LogP contribution in [0.2, 0.25) is 0 Å². The maximum atomic E-state index is 9.99. The number of amides is 1. The van der Waals surface area contributed by atoms with Gasteiger partial charge in [0.25, 0.3) is 0 Å². The fourth-order valence-electron chi connectivity index (χ4n) is 0.766. The van der Waals surface area contributed by atoms with Gasteiger partial charge in [-0.25, -0.2) is 4.79 Å². The van der Waals surface area contributed by atoms with Crippen LogP contribution in [0.5, 0.6) is 0 Å². The van der Waals surface area contributed by atoms with Crippen molar-refractivity contribution in [2.45, 2.75) is 26.2 Å². The molecule has 0 rings (SSSR count). The molecule has 0 aromatic heterocycles. The van der Waals surface area contributed by atoms with Gasteiger partial charge in [0, 0.05) is 6.54 Å². The highest BCUT2D eigenvalue weighted by Crippen LogP contribution is 1.93. The molecule has 0 spiro atoms. The molecule has 0 bridgehead atoms. The summed E-state index contributed by atoms with van der Waals surface area (Å²) in [5, 5.41) is 10.4. The number of hydrogen-bond acceptors (Lipinski definition) is 2. The van der Waals surface area contributed by atoms with E-state index in [4.69, 9.17) is 9.84 Å². The summed E-state index contributed by atoms with van der Waals surface area (Å²) in [5.41, 5.74) is 0. The Morgan fingerprint density at radius 2 is 2.31 bits per heavy atom. The van der Waals surface area contributed by atoms with Gasteiger partial charge in [0.2, 0.25) is 0 Å². The topological polar surface area (TPSA) is 58.6 Å². The average molecular weight is 187 g/mol. The predicted octanol–water partition coefficient (Wildman–Crippen LogP) is 1.97. The third-order valence-electron chi connectivity index (χ3n) is 1.43. The molecule has 0 saturated carbocycles. The van der Waals surface area contributed by atoms with Crippen LogP contribution < -0.4 is 5.32 Å². The minimum atomic E-state index is -1.02. The van der Waals surface area contributed by atoms with Crippen LogP contribution in [0.3, 0.4) is 0 Å². The van der Waals surface area contributed by atoms with Gasteiger partial charge in [-0.1, -0.05) is 19.8 Å². The van der Waals surface area contributed by atoms with Crippen molar-refractivity contribution in [1.29, 1.82) is 0 Å². The van der Waals surface area contributed by atoms with Crippen LogP contribution in [0.15, 0.2) is 12.3 Å². The maximum absolute atomic E-state index is 9.99. The molecule has 0 aliphatic carbocycles. The van der Waals surface area contributed by atoms with Gasteiger partial charge in [-0.05, 0) is 12.5 Å². The van der Waals surface area contributed by atoms with E-state index in [1.807, 2.05) is 0 Å². The number of ether oxygens (including phenoxy) is 1. The minimum Gasteiger partial charge on any atom is -0.501 e. The standard InChI is InChI=1S/C9H17NO3/c1-2-3-4-7-13-8-5-6-10-9(11)12/h5,8,10H,2-4,6-7H2,1H3,(H,11,12). The lowest BCUT2D eigenvalue weighted by Gasteiger charge is -1.98. The fourth-order valence-corrected chi connectivity index (χ4v) is 0.766. The largest absolute Gasteiger partial charge is 0.501 e. The van der Waals surface area contributed by atoms with E-state index in [1.165, 1.54) is 19.1 Å². The second-order valence-corrected chi connectivity index (χ2v) is 2.64. The van der Waals surface area contributed by atoms with E-state index in [2.05, 4.69) is 12.2 Å². The Labute approximate surface area is 78.6 Å². The molecule has 0 atom stereocenters. The Kier molecular flexibility index (Phi) is 8.09. The first-order valence-electron chi connectivity index (χ1n) is 4.50. The van der Waals surface area contributed by atoms with Crippen molar-refractivity contribution < 1.29 is 14.6 Å². The lowest BCUT2D eigenvalue weighted by atomic mass is 10.3. The predicted molar refractivity (Wildman–Crippen MR) is 50.6 cm³/mol. The van der Waals surface area contributed by atoms with Crippen molar-refractivity contribution in [3.63, 3.8) is 0 Å². The van der Waals surface area contributed by atoms with Gasteiger partial charge in [-0.15, -0.1) is 0 Å². The van der Waals surface area contributed by atoms with Crippen LogP contribution in [0.4, 0.5) is 4.79 Å². The quantitative estimate of drug-likeness (QED) is 0.473. The molecular formula is C9H17NO3. The fraction of sp³-hybridized carbons (Fsp3) is 0.667. The van der Waals surface area contributed by atoms with Gasteiger partial charge < -0.3 is 15.2 Å². The van der Waals surface area contributed by atoms with E-state index in [9.17, 15) is 4.79 Å². The van der Waals surface area contributed by atoms with Crippen molar-refractivity contribution >= 4 is 6.09 Å². The monoisotopic (exact) mass is 187 g/mol. The molecule has 0 aliphatic heterocycles. The van der Waals surface area contributed by atoms with Gasteiger partial charge >= 0.3 is 6.09 Å². The zero-order valence-electron chi connectivity index (χ0n) is 7.95. The van der Waals surface area contributed by atoms with Crippen molar-refractivity contribution in [3.05, 3.63) is 12.3 Å². The normalized spacial score (nSPS) is 10.2. The summed E-state index contributed by atoms with van der Waals surface area (Å²) in [5.74, 6) is 0. The first kappa shape index (κ1) is 11.8. The molecule has 0 fully saturated rings. The van der Waals surface area contributed by atoms with Crippen LogP contribution in [0.1, 0.15) is 26.2 Å². The number of hydrogen-bond donors (Lipinski definition) is 2. The highest BCUT2D eigenvalue weighted by Gasteiger charge is 1.87. The first-order chi connectivity index (χ1) is 6.27. The van der Waals surface area contributed by atoms with Crippen molar-refractivity contribution in [2.24, 2.45) is 0 Å². The van der Waals surface area contributed by atoms with Crippen LogP contribution in [0, 0.1) is 0 Å². The van der Waals surface area contributed by atoms with Gasteiger partial charge in [-0.3, -0.25) is 0 Å². The summed E-state index contributed by atoms with van der Waals surface area (Å²) in [6, 6.07) is 0. The number of unbranched alkanes of at least 4 members (excludes halogenated alkanes) is 2. The molecule has 0 aromatic rings. The summed E-state index contributed by atoms with van der Waals surface area (Å²) in [7, 11) is 0. The van der Waals surface area contributed by atoms with Crippen molar-refractivity contribution in [1.82, 2.24) is 5.32 Å². The van der Waals surface area contributed by atoms with Crippen LogP contribution >= 0.6 is 0 Å². The zero-order chi connectivity index (χ0) is 9.94. The van der Waals surface area contributed by atoms with E-state index in [1.54, 1.807) is 6.08 Å². The van der Waals surface area contributed by atoms with Crippen LogP contribution in [0.25, 0.3) is 0 Å². The Bertz CT molecular complexity index is 157. The SMILES string of the molecule is CCCCCOC=CCNC(=O)O. The number of nitrogens with one attached hydrogen (secondary N) is 1. The lowest BCUT2D eigenvalue weighted by molar-refractivity contribution is 0.195. The van der Waals surface area contributed by atoms with Gasteiger partial charge in [0.15, 0.2) is 0 Å². The third-order valence-corrected chi connectivity index (χ3v) is 1.43. The molecule has 4 heteroatoms. The molecule has 0 radical (unpaired) electrons. The first-order valence-corrected chi connectivity index (χ1v) is 4.50. The maximum Gasteiger partial charge on any atom is 0.404 e. The zero-order valence-corrected chi connectivity index (χ0v) is 7.95. The minimum absolute atomic E-state index is 0.295. The third kappa shape index (κ3) is 10.8. The Hall–Kier alpha value is -1.19. The summed E-state index contributed by atoms with van der Waals surface area (Å²) in [6.07, 6.45) is 5.55. The highest BCUT2D eigenvalue weighted by molar-refractivity contribution is 5.64. The number of carboxylic acid groups (broad SMARTS) is 1. The molecule has 0 aromatic carbocycles. The van der Waals surface area contributed by atoms with Crippen molar-refractivity contribution in [3.8, 4) is 0 Å². The molecule has 4 nitrogen and oxygen atoms in total. The summed E-state index contributed by atoms with van der Waals surface area (Å²) in [6.45, 7) is 3.13. The number of carbonyl (C=O) groups is 1. The Morgan fingerprint density at radius 3 is 2.92 bits per heavy atom. The molecular weight excluding hydrogens is 170 g/mol. The summed E-state index contributed by atoms with van der Waals surface area (Å²) in [4.78, 5) is 9.99. The van der Waals surface area contributed by atoms with E-state index >= 15 is 0 Å². The van der Waals surface area contributed by atoms with Gasteiger partial charge in [-0.2, -0.15) is 0 Å². The summed E-state index contributed by atoms with van der Waals surface area (Å²) < 4.78 is 5.10. The molecule has 76 valence electrons. The Balaban J connectivity index is 3.08. The van der Waals surface area contributed by atoms with Crippen LogP contribution in [-0.4, -0.2) is 24.4 Å². The molecule has 0 saturated heterocycles. The smallest absolute Gasteiger partial charge is 0.404 e. The molecule has 0 aliphatic rings. The summed E-state index contributed by atoms with van der Waals surface area (Å²) >= 11 is 0. The average Bonchev–Trinajstić information content (AvgIpc) is 2.09. The van der Waals surface area contributed by atoms with Gasteiger partial charge in [0.1, 0.15) is 0 Å². The molecule has 2 N–H and O–H groups in total. The highest BCUT2D eigenvalue weighted by atomic mass is 16.5. The van der Waals surface area contributed by atoms with E-state index in [0.29, 0.717) is 13.2 Å². The number of rotatable bonds is 7. The van der Waals surface area contributed by atoms with E-state index < -0.39 is 6.09 Å². The lowest BCUT2D eigenvalue weighted by Crippen LogP contribution is -2.20.